The van der Waals surface area contributed by atoms with E-state index in [2.05, 4.69) is 231 Å². The highest BCUT2D eigenvalue weighted by molar-refractivity contribution is 7.25. The number of thiophene rings is 1. The number of fused-ring (bicyclic) bond motifs is 12. The van der Waals surface area contributed by atoms with Crippen molar-refractivity contribution >= 4 is 108 Å². The lowest BCUT2D eigenvalue weighted by molar-refractivity contribution is 0.514. The highest BCUT2D eigenvalue weighted by Crippen LogP contribution is 2.47. The normalized spacial score (nSPS) is 17.5. The third-order valence-corrected chi connectivity index (χ3v) is 16.4. The summed E-state index contributed by atoms with van der Waals surface area (Å²) in [5.74, 6) is 0.178. The second-order valence-electron chi connectivity index (χ2n) is 19.3. The summed E-state index contributed by atoms with van der Waals surface area (Å²) >= 11 is 1.87. The summed E-state index contributed by atoms with van der Waals surface area (Å²) in [4.78, 5) is 6.24. The first kappa shape index (κ1) is 41.0. The fourth-order valence-electron chi connectivity index (χ4n) is 11.8. The molecule has 10 aromatic carbocycles. The Hall–Kier alpha value is -8.05. The fourth-order valence-corrected chi connectivity index (χ4v) is 12.9. The molecule has 0 radical (unpaired) electrons. The van der Waals surface area contributed by atoms with E-state index in [1.165, 1.54) is 91.3 Å². The molecule has 0 bridgehead atoms. The third kappa shape index (κ3) is 6.51. The van der Waals surface area contributed by atoms with Crippen molar-refractivity contribution in [3.8, 4) is 16.8 Å². The van der Waals surface area contributed by atoms with Crippen LogP contribution in [0.3, 0.4) is 0 Å². The molecule has 0 spiro atoms. The Bertz CT molecular complexity index is 4280. The van der Waals surface area contributed by atoms with Crippen LogP contribution >= 0.6 is 11.3 Å². The number of hydrogen-bond acceptors (Lipinski definition) is 3. The summed E-state index contributed by atoms with van der Waals surface area (Å²) in [6, 6.07) is 76.0. The highest BCUT2D eigenvalue weighted by atomic mass is 32.1. The van der Waals surface area contributed by atoms with Crippen LogP contribution in [-0.2, 0) is 0 Å². The van der Waals surface area contributed by atoms with Crippen molar-refractivity contribution in [1.82, 2.24) is 4.57 Å². The SMILES string of the molecule is CC[C@H]1/C(c2ccc(-c3ccccc3)cc2)=C/CC(C)C(c2cc3oc4ccc5ccccc5c4c3cc2-n2c3ccccc3c3cc4ccccc4cc32)=NC1c1ccc2sc3ccccc3c2c1. The van der Waals surface area contributed by atoms with Crippen LogP contribution in [0.4, 0.5) is 0 Å². The van der Waals surface area contributed by atoms with Gasteiger partial charge in [0.05, 0.1) is 22.8 Å². The second-order valence-corrected chi connectivity index (χ2v) is 20.3. The molecule has 3 nitrogen and oxygen atoms in total. The van der Waals surface area contributed by atoms with E-state index in [1.54, 1.807) is 0 Å². The van der Waals surface area contributed by atoms with E-state index in [4.69, 9.17) is 9.41 Å². The molecule has 4 heterocycles. The number of para-hydroxylation sites is 1. The zero-order valence-electron chi connectivity index (χ0n) is 39.1. The summed E-state index contributed by atoms with van der Waals surface area (Å²) in [6.07, 6.45) is 4.31. The van der Waals surface area contributed by atoms with E-state index in [9.17, 15) is 0 Å². The Balaban J connectivity index is 1.05. The largest absolute Gasteiger partial charge is 0.456 e. The second kappa shape index (κ2) is 16.3. The lowest BCUT2D eigenvalue weighted by Gasteiger charge is -2.32. The van der Waals surface area contributed by atoms with Crippen molar-refractivity contribution in [2.24, 2.45) is 16.8 Å². The molecule has 334 valence electrons. The van der Waals surface area contributed by atoms with Gasteiger partial charge in [0, 0.05) is 64.8 Å². The van der Waals surface area contributed by atoms with Gasteiger partial charge in [-0.3, -0.25) is 4.99 Å². The van der Waals surface area contributed by atoms with Gasteiger partial charge < -0.3 is 8.98 Å². The molecular formula is C66H48N2OS. The molecule has 4 heteroatoms. The van der Waals surface area contributed by atoms with Crippen molar-refractivity contribution < 1.29 is 4.42 Å². The average Bonchev–Trinajstić information content (AvgIpc) is 4.08. The third-order valence-electron chi connectivity index (χ3n) is 15.3. The van der Waals surface area contributed by atoms with Gasteiger partial charge >= 0.3 is 0 Å². The van der Waals surface area contributed by atoms with Crippen LogP contribution in [0.25, 0.3) is 108 Å². The van der Waals surface area contributed by atoms with Gasteiger partial charge in [-0.1, -0.05) is 172 Å². The minimum Gasteiger partial charge on any atom is -0.456 e. The molecule has 0 saturated heterocycles. The average molecular weight is 917 g/mol. The van der Waals surface area contributed by atoms with Gasteiger partial charge in [0.25, 0.3) is 0 Å². The highest BCUT2D eigenvalue weighted by Gasteiger charge is 2.32. The zero-order chi connectivity index (χ0) is 46.5. The minimum absolute atomic E-state index is 0.0694. The van der Waals surface area contributed by atoms with E-state index in [-0.39, 0.29) is 17.9 Å². The standard InChI is InChI=1S/C66H48N2OS/c1-3-48-49(44-28-26-42(27-29-44)41-15-5-4-6-16-41)32-25-40(2)65(67-66(48)47-31-34-63-54(36-47)52-22-12-14-24-62(52)70-63)55-39-61-56(64-50-20-10-9-17-43(50)30-33-60(64)69-61)38-59(55)68-57-23-13-11-21-51(57)53-35-45-18-7-8-19-46(45)37-58(53)68/h4-24,26-40,48,66H,3,25H2,1-2H3/b49-32+,67-65?/t40?,48-,66?/m0/s1. The Labute approximate surface area is 410 Å². The topological polar surface area (TPSA) is 30.4 Å². The van der Waals surface area contributed by atoms with Gasteiger partial charge in [-0.05, 0) is 117 Å². The minimum atomic E-state index is -0.170. The Morgan fingerprint density at radius 1 is 0.529 bits per heavy atom. The summed E-state index contributed by atoms with van der Waals surface area (Å²) in [7, 11) is 0. The van der Waals surface area contributed by atoms with Gasteiger partial charge in [0.1, 0.15) is 11.2 Å². The number of rotatable bonds is 6. The van der Waals surface area contributed by atoms with E-state index < -0.39 is 0 Å². The molecule has 0 amide bonds. The van der Waals surface area contributed by atoms with Gasteiger partial charge in [-0.2, -0.15) is 0 Å². The number of aromatic nitrogens is 1. The monoisotopic (exact) mass is 916 g/mol. The molecule has 70 heavy (non-hydrogen) atoms. The van der Waals surface area contributed by atoms with E-state index in [0.29, 0.717) is 0 Å². The number of aliphatic imine (C=N–C) groups is 1. The molecular weight excluding hydrogens is 869 g/mol. The van der Waals surface area contributed by atoms with Gasteiger partial charge in [-0.15, -0.1) is 11.3 Å². The van der Waals surface area contributed by atoms with Crippen molar-refractivity contribution in [2.45, 2.75) is 32.7 Å². The summed E-state index contributed by atoms with van der Waals surface area (Å²) < 4.78 is 12.1. The maximum atomic E-state index is 6.96. The van der Waals surface area contributed by atoms with E-state index >= 15 is 0 Å². The molecule has 14 rings (SSSR count). The fraction of sp³-hybridized carbons (Fsp3) is 0.106. The molecule has 1 aliphatic heterocycles. The van der Waals surface area contributed by atoms with Crippen LogP contribution in [0.15, 0.2) is 222 Å². The van der Waals surface area contributed by atoms with Crippen LogP contribution in [0.1, 0.15) is 49.4 Å². The first-order valence-electron chi connectivity index (χ1n) is 24.7. The van der Waals surface area contributed by atoms with Crippen LogP contribution in [0.5, 0.6) is 0 Å². The lowest BCUT2D eigenvalue weighted by Crippen LogP contribution is -2.23. The molecule has 0 fully saturated rings. The lowest BCUT2D eigenvalue weighted by atomic mass is 9.78. The van der Waals surface area contributed by atoms with Gasteiger partial charge in [0.15, 0.2) is 0 Å². The van der Waals surface area contributed by atoms with E-state index in [0.717, 1.165) is 51.7 Å². The predicted molar refractivity (Wildman–Crippen MR) is 299 cm³/mol. The number of nitrogens with zero attached hydrogens (tertiary/aromatic N) is 2. The van der Waals surface area contributed by atoms with Crippen molar-refractivity contribution in [2.75, 3.05) is 0 Å². The summed E-state index contributed by atoms with van der Waals surface area (Å²) in [6.45, 7) is 4.73. The molecule has 2 unspecified atom stereocenters. The zero-order valence-corrected chi connectivity index (χ0v) is 39.9. The molecule has 0 saturated carbocycles. The van der Waals surface area contributed by atoms with Crippen LogP contribution < -0.4 is 0 Å². The maximum absolute atomic E-state index is 6.96. The molecule has 0 aliphatic carbocycles. The molecule has 3 aromatic heterocycles. The predicted octanol–water partition coefficient (Wildman–Crippen LogP) is 18.7. The van der Waals surface area contributed by atoms with Crippen molar-refractivity contribution in [1.29, 1.82) is 0 Å². The van der Waals surface area contributed by atoms with E-state index in [1.807, 2.05) is 11.3 Å². The first-order valence-corrected chi connectivity index (χ1v) is 25.5. The van der Waals surface area contributed by atoms with Crippen molar-refractivity contribution in [3.05, 3.63) is 229 Å². The number of hydrogen-bond donors (Lipinski definition) is 0. The maximum Gasteiger partial charge on any atom is 0.136 e. The molecule has 1 aliphatic rings. The Morgan fingerprint density at radius 3 is 2.04 bits per heavy atom. The Morgan fingerprint density at radius 2 is 1.21 bits per heavy atom. The number of allylic oxidation sites excluding steroid dienone is 1. The van der Waals surface area contributed by atoms with Gasteiger partial charge in [0.2, 0.25) is 0 Å². The smallest absolute Gasteiger partial charge is 0.136 e. The molecule has 3 atom stereocenters. The van der Waals surface area contributed by atoms with Gasteiger partial charge in [-0.25, -0.2) is 0 Å². The quantitative estimate of drug-likeness (QED) is 0.163. The van der Waals surface area contributed by atoms with Crippen LogP contribution in [-0.4, -0.2) is 10.3 Å². The number of benzene rings is 10. The first-order chi connectivity index (χ1) is 34.6. The van der Waals surface area contributed by atoms with Crippen LogP contribution in [0.2, 0.25) is 0 Å². The summed E-state index contributed by atoms with van der Waals surface area (Å²) in [5, 5.41) is 12.2. The molecule has 13 aromatic rings. The van der Waals surface area contributed by atoms with Crippen molar-refractivity contribution in [3.63, 3.8) is 0 Å². The summed E-state index contributed by atoms with van der Waals surface area (Å²) in [5.41, 5.74) is 13.7. The number of furan rings is 1. The Kier molecular flexibility index (Phi) is 9.54. The molecule has 0 N–H and O–H groups in total. The van der Waals surface area contributed by atoms with Crippen LogP contribution in [0, 0.1) is 11.8 Å².